The van der Waals surface area contributed by atoms with E-state index >= 15 is 0 Å². The molecule has 0 spiro atoms. The van der Waals surface area contributed by atoms with E-state index in [1.807, 2.05) is 6.92 Å². The van der Waals surface area contributed by atoms with E-state index in [9.17, 15) is 13.2 Å². The minimum absolute atomic E-state index is 0.0568. The van der Waals surface area contributed by atoms with Crippen LogP contribution >= 0.6 is 0 Å². The molecule has 0 amide bonds. The SMILES string of the molecule is CC[C@@H](CO)NCc1ccccc1OC(F)(F)F. The van der Waals surface area contributed by atoms with Crippen LogP contribution in [0.2, 0.25) is 0 Å². The molecular formula is C12H16F3NO2. The summed E-state index contributed by atoms with van der Waals surface area (Å²) < 4.78 is 40.4. The van der Waals surface area contributed by atoms with Gasteiger partial charge in [-0.25, -0.2) is 0 Å². The predicted molar refractivity (Wildman–Crippen MR) is 61.1 cm³/mol. The number of nitrogens with one attached hydrogen (secondary N) is 1. The number of aliphatic hydroxyl groups excluding tert-OH is 1. The van der Waals surface area contributed by atoms with Gasteiger partial charge in [-0.2, -0.15) is 0 Å². The lowest BCUT2D eigenvalue weighted by molar-refractivity contribution is -0.274. The van der Waals surface area contributed by atoms with E-state index in [0.717, 1.165) is 0 Å². The van der Waals surface area contributed by atoms with Crippen LogP contribution in [-0.4, -0.2) is 24.1 Å². The van der Waals surface area contributed by atoms with Crippen LogP contribution < -0.4 is 10.1 Å². The largest absolute Gasteiger partial charge is 0.573 e. The Morgan fingerprint density at radius 2 is 2.00 bits per heavy atom. The van der Waals surface area contributed by atoms with Gasteiger partial charge in [0.1, 0.15) is 5.75 Å². The fourth-order valence-corrected chi connectivity index (χ4v) is 1.47. The first-order valence-electron chi connectivity index (χ1n) is 5.64. The smallest absolute Gasteiger partial charge is 0.405 e. The summed E-state index contributed by atoms with van der Waals surface area (Å²) in [5.41, 5.74) is 0.404. The maximum Gasteiger partial charge on any atom is 0.573 e. The third kappa shape index (κ3) is 4.93. The zero-order valence-electron chi connectivity index (χ0n) is 10.00. The van der Waals surface area contributed by atoms with Crippen LogP contribution in [0.4, 0.5) is 13.2 Å². The summed E-state index contributed by atoms with van der Waals surface area (Å²) in [5.74, 6) is -0.217. The van der Waals surface area contributed by atoms with E-state index in [1.165, 1.54) is 12.1 Å². The van der Waals surface area contributed by atoms with Crippen LogP contribution in [0.5, 0.6) is 5.75 Å². The molecule has 6 heteroatoms. The normalized spacial score (nSPS) is 13.4. The summed E-state index contributed by atoms with van der Waals surface area (Å²) in [5, 5.41) is 12.0. The molecule has 0 bridgehead atoms. The Bertz CT molecular complexity index is 365. The van der Waals surface area contributed by atoms with Gasteiger partial charge in [0.25, 0.3) is 0 Å². The third-order valence-electron chi connectivity index (χ3n) is 2.49. The Kier molecular flexibility index (Phi) is 5.43. The van der Waals surface area contributed by atoms with E-state index in [0.29, 0.717) is 12.0 Å². The highest BCUT2D eigenvalue weighted by molar-refractivity contribution is 5.33. The first kappa shape index (κ1) is 14.8. The van der Waals surface area contributed by atoms with E-state index in [1.54, 1.807) is 12.1 Å². The van der Waals surface area contributed by atoms with Gasteiger partial charge in [-0.3, -0.25) is 0 Å². The van der Waals surface area contributed by atoms with Crippen LogP contribution in [0.1, 0.15) is 18.9 Å². The van der Waals surface area contributed by atoms with Crippen molar-refractivity contribution in [2.75, 3.05) is 6.61 Å². The van der Waals surface area contributed by atoms with Crippen LogP contribution in [0, 0.1) is 0 Å². The summed E-state index contributed by atoms with van der Waals surface area (Å²) in [6.45, 7) is 2.04. The van der Waals surface area contributed by atoms with Crippen molar-refractivity contribution in [3.05, 3.63) is 29.8 Å². The van der Waals surface area contributed by atoms with E-state index in [-0.39, 0.29) is 24.9 Å². The lowest BCUT2D eigenvalue weighted by Crippen LogP contribution is -2.31. The van der Waals surface area contributed by atoms with Gasteiger partial charge >= 0.3 is 6.36 Å². The van der Waals surface area contributed by atoms with Crippen LogP contribution in [0.25, 0.3) is 0 Å². The lowest BCUT2D eigenvalue weighted by Gasteiger charge is -2.17. The summed E-state index contributed by atoms with van der Waals surface area (Å²) in [6, 6.07) is 5.81. The highest BCUT2D eigenvalue weighted by Crippen LogP contribution is 2.26. The molecule has 0 aromatic heterocycles. The Hall–Kier alpha value is -1.27. The van der Waals surface area contributed by atoms with Crippen molar-refractivity contribution in [3.63, 3.8) is 0 Å². The van der Waals surface area contributed by atoms with Crippen molar-refractivity contribution >= 4 is 0 Å². The summed E-state index contributed by atoms with van der Waals surface area (Å²) in [6.07, 6.45) is -4.00. The number of para-hydroxylation sites is 1. The minimum Gasteiger partial charge on any atom is -0.405 e. The molecule has 0 radical (unpaired) electrons. The highest BCUT2D eigenvalue weighted by Gasteiger charge is 2.31. The molecular weight excluding hydrogens is 247 g/mol. The van der Waals surface area contributed by atoms with Crippen molar-refractivity contribution in [1.29, 1.82) is 0 Å². The number of aliphatic hydroxyl groups is 1. The zero-order valence-corrected chi connectivity index (χ0v) is 10.00. The summed E-state index contributed by atoms with van der Waals surface area (Å²) in [7, 11) is 0. The number of ether oxygens (including phenoxy) is 1. The molecule has 1 aromatic rings. The maximum absolute atomic E-state index is 12.2. The second kappa shape index (κ2) is 6.61. The number of benzene rings is 1. The van der Waals surface area contributed by atoms with Gasteiger partial charge in [-0.15, -0.1) is 13.2 Å². The van der Waals surface area contributed by atoms with Gasteiger partial charge in [0.2, 0.25) is 0 Å². The number of halogens is 3. The number of hydrogen-bond donors (Lipinski definition) is 2. The van der Waals surface area contributed by atoms with Gasteiger partial charge < -0.3 is 15.2 Å². The van der Waals surface area contributed by atoms with Gasteiger partial charge in [0, 0.05) is 18.2 Å². The Balaban J connectivity index is 2.70. The standard InChI is InChI=1S/C12H16F3NO2/c1-2-10(8-17)16-7-9-5-3-4-6-11(9)18-12(13,14)15/h3-6,10,16-17H,2,7-8H2,1H3/t10-/m0/s1. The van der Waals surface area contributed by atoms with Crippen LogP contribution in [-0.2, 0) is 6.54 Å². The minimum atomic E-state index is -4.70. The summed E-state index contributed by atoms with van der Waals surface area (Å²) >= 11 is 0. The molecule has 0 saturated carbocycles. The molecule has 1 rings (SSSR count). The molecule has 0 heterocycles. The van der Waals surface area contributed by atoms with E-state index < -0.39 is 6.36 Å². The third-order valence-corrected chi connectivity index (χ3v) is 2.49. The monoisotopic (exact) mass is 263 g/mol. The Morgan fingerprint density at radius 3 is 2.56 bits per heavy atom. The number of rotatable bonds is 6. The second-order valence-corrected chi connectivity index (χ2v) is 3.82. The fourth-order valence-electron chi connectivity index (χ4n) is 1.47. The molecule has 18 heavy (non-hydrogen) atoms. The zero-order chi connectivity index (χ0) is 13.6. The molecule has 1 aromatic carbocycles. The van der Waals surface area contributed by atoms with Gasteiger partial charge in [0.15, 0.2) is 0 Å². The molecule has 0 aliphatic heterocycles. The van der Waals surface area contributed by atoms with E-state index in [4.69, 9.17) is 5.11 Å². The Labute approximate surface area is 104 Å². The fraction of sp³-hybridized carbons (Fsp3) is 0.500. The average molecular weight is 263 g/mol. The van der Waals surface area contributed by atoms with Crippen LogP contribution in [0.15, 0.2) is 24.3 Å². The second-order valence-electron chi connectivity index (χ2n) is 3.82. The quantitative estimate of drug-likeness (QED) is 0.828. The topological polar surface area (TPSA) is 41.5 Å². The van der Waals surface area contributed by atoms with Crippen LogP contribution in [0.3, 0.4) is 0 Å². The molecule has 0 unspecified atom stereocenters. The van der Waals surface area contributed by atoms with Gasteiger partial charge in [0.05, 0.1) is 6.61 Å². The van der Waals surface area contributed by atoms with Gasteiger partial charge in [-0.1, -0.05) is 25.1 Å². The lowest BCUT2D eigenvalue weighted by atomic mass is 10.1. The first-order valence-corrected chi connectivity index (χ1v) is 5.64. The Morgan fingerprint density at radius 1 is 1.33 bits per heavy atom. The molecule has 0 aliphatic carbocycles. The van der Waals surface area contributed by atoms with Crippen molar-refractivity contribution in [2.24, 2.45) is 0 Å². The molecule has 2 N–H and O–H groups in total. The van der Waals surface area contributed by atoms with Gasteiger partial charge in [-0.05, 0) is 12.5 Å². The van der Waals surface area contributed by atoms with Crippen molar-refractivity contribution < 1.29 is 23.0 Å². The first-order chi connectivity index (χ1) is 8.46. The molecule has 102 valence electrons. The van der Waals surface area contributed by atoms with E-state index in [2.05, 4.69) is 10.1 Å². The van der Waals surface area contributed by atoms with Crippen molar-refractivity contribution in [3.8, 4) is 5.75 Å². The molecule has 3 nitrogen and oxygen atoms in total. The molecule has 0 fully saturated rings. The maximum atomic E-state index is 12.2. The molecule has 0 saturated heterocycles. The molecule has 1 atom stereocenters. The predicted octanol–water partition coefficient (Wildman–Crippen LogP) is 2.45. The van der Waals surface area contributed by atoms with Crippen molar-refractivity contribution in [1.82, 2.24) is 5.32 Å². The number of alkyl halides is 3. The molecule has 0 aliphatic rings. The van der Waals surface area contributed by atoms with Crippen molar-refractivity contribution in [2.45, 2.75) is 32.3 Å². The number of hydrogen-bond acceptors (Lipinski definition) is 3. The highest BCUT2D eigenvalue weighted by atomic mass is 19.4. The average Bonchev–Trinajstić information content (AvgIpc) is 2.30. The summed E-state index contributed by atoms with van der Waals surface area (Å²) in [4.78, 5) is 0.